The summed E-state index contributed by atoms with van der Waals surface area (Å²) in [4.78, 5) is 0. The number of benzene rings is 1. The third-order valence-electron chi connectivity index (χ3n) is 1.14. The Balaban J connectivity index is 2.75. The minimum atomic E-state index is -1.11. The molecule has 0 spiro atoms. The third-order valence-corrected chi connectivity index (χ3v) is 1.14. The molecule has 0 unspecified atom stereocenters. The van der Waals surface area contributed by atoms with Crippen molar-refractivity contribution >= 4 is 5.69 Å². The van der Waals surface area contributed by atoms with Crippen LogP contribution in [0.2, 0.25) is 0 Å². The second kappa shape index (κ2) is 3.15. The van der Waals surface area contributed by atoms with E-state index in [-0.39, 0.29) is 10.8 Å². The average molecular weight is 143 g/mol. The highest BCUT2D eigenvalue weighted by Crippen LogP contribution is 2.12. The molecule has 0 fully saturated rings. The molecule has 1 aromatic carbocycles. The molecule has 0 heterocycles. The molecule has 0 aromatic heterocycles. The summed E-state index contributed by atoms with van der Waals surface area (Å²) in [6.45, 7) is -1.11. The Morgan fingerprint density at radius 2 is 1.80 bits per heavy atom. The molecule has 3 heteroatoms. The van der Waals surface area contributed by atoms with Gasteiger partial charge in [0.05, 0.1) is 5.69 Å². The fourth-order valence-corrected chi connectivity index (χ4v) is 0.659. The van der Waals surface area contributed by atoms with E-state index >= 15 is 0 Å². The summed E-state index contributed by atoms with van der Waals surface area (Å²) in [5.41, 5.74) is 0.241. The van der Waals surface area contributed by atoms with Crippen molar-refractivity contribution in [2.75, 3.05) is 11.9 Å². The highest BCUT2D eigenvalue weighted by molar-refractivity contribution is 5.42. The van der Waals surface area contributed by atoms with Crippen molar-refractivity contribution in [2.24, 2.45) is 0 Å². The molecule has 1 aromatic rings. The fraction of sp³-hybridized carbons (Fsp3) is 0.143. The summed E-state index contributed by atoms with van der Waals surface area (Å²) in [6, 6.07) is 8.05. The molecule has 54 valence electrons. The Bertz CT molecular complexity index is 188. The molecule has 1 nitrogen and oxygen atoms in total. The molecule has 0 radical (unpaired) electrons. The minimum absolute atomic E-state index is 0.0417. The number of nitrogens with zero attached hydrogens (tertiary/aromatic N) is 1. The second-order valence-electron chi connectivity index (χ2n) is 1.82. The zero-order chi connectivity index (χ0) is 7.40. The number of halogens is 2. The Hall–Kier alpha value is -1.12. The third kappa shape index (κ3) is 1.43. The Morgan fingerprint density at radius 3 is 2.30 bits per heavy atom. The Labute approximate surface area is 57.8 Å². The van der Waals surface area contributed by atoms with E-state index in [0.717, 1.165) is 0 Å². The Kier molecular flexibility index (Phi) is 2.20. The molecule has 0 aliphatic heterocycles. The summed E-state index contributed by atoms with van der Waals surface area (Å²) in [5, 5.41) is 0.0417. The molecule has 0 aliphatic rings. The van der Waals surface area contributed by atoms with Crippen molar-refractivity contribution in [2.45, 2.75) is 0 Å². The molecule has 10 heavy (non-hydrogen) atoms. The van der Waals surface area contributed by atoms with E-state index < -0.39 is 6.80 Å². The largest absolute Gasteiger partial charge is 0.225 e. The molecule has 0 amide bonds. The Morgan fingerprint density at radius 1 is 1.20 bits per heavy atom. The number of para-hydroxylation sites is 1. The first-order valence-electron chi connectivity index (χ1n) is 2.89. The number of hydrogen-bond donors (Lipinski definition) is 0. The van der Waals surface area contributed by atoms with Crippen molar-refractivity contribution < 1.29 is 8.87 Å². The monoisotopic (exact) mass is 143 g/mol. The molecule has 0 bridgehead atoms. The van der Waals surface area contributed by atoms with Crippen LogP contribution in [0, 0.1) is 0 Å². The molecular formula is C7H7F2N. The first-order valence-corrected chi connectivity index (χ1v) is 2.89. The van der Waals surface area contributed by atoms with Crippen LogP contribution in [-0.4, -0.2) is 6.80 Å². The van der Waals surface area contributed by atoms with Gasteiger partial charge in [0, 0.05) is 0 Å². The quantitative estimate of drug-likeness (QED) is 0.453. The normalized spacial score (nSPS) is 9.40. The maximum absolute atomic E-state index is 12.3. The molecule has 0 saturated carbocycles. The van der Waals surface area contributed by atoms with Gasteiger partial charge in [-0.25, -0.2) is 4.39 Å². The SMILES string of the molecule is FCN(F)c1ccccc1. The van der Waals surface area contributed by atoms with Gasteiger partial charge in [-0.15, -0.1) is 0 Å². The number of hydrogen-bond acceptors (Lipinski definition) is 1. The zero-order valence-corrected chi connectivity index (χ0v) is 5.30. The number of alkyl halides is 1. The lowest BCUT2D eigenvalue weighted by Crippen LogP contribution is -2.08. The van der Waals surface area contributed by atoms with Gasteiger partial charge in [-0.3, -0.25) is 0 Å². The summed E-state index contributed by atoms with van der Waals surface area (Å²) < 4.78 is 23.9. The highest BCUT2D eigenvalue weighted by atomic mass is 19.2. The van der Waals surface area contributed by atoms with E-state index in [0.29, 0.717) is 0 Å². The van der Waals surface area contributed by atoms with Gasteiger partial charge >= 0.3 is 0 Å². The van der Waals surface area contributed by atoms with Crippen LogP contribution >= 0.6 is 0 Å². The summed E-state index contributed by atoms with van der Waals surface area (Å²) in [5.74, 6) is 0. The van der Waals surface area contributed by atoms with Crippen molar-refractivity contribution in [1.82, 2.24) is 0 Å². The van der Waals surface area contributed by atoms with E-state index in [1.807, 2.05) is 0 Å². The summed E-state index contributed by atoms with van der Waals surface area (Å²) >= 11 is 0. The van der Waals surface area contributed by atoms with Crippen LogP contribution in [0.4, 0.5) is 14.6 Å². The van der Waals surface area contributed by atoms with E-state index in [1.54, 1.807) is 18.2 Å². The van der Waals surface area contributed by atoms with Crippen molar-refractivity contribution in [3.63, 3.8) is 0 Å². The predicted octanol–water partition coefficient (Wildman–Crippen LogP) is 2.30. The lowest BCUT2D eigenvalue weighted by Gasteiger charge is -2.06. The van der Waals surface area contributed by atoms with Crippen LogP contribution in [-0.2, 0) is 0 Å². The number of rotatable bonds is 2. The van der Waals surface area contributed by atoms with Gasteiger partial charge in [0.25, 0.3) is 0 Å². The van der Waals surface area contributed by atoms with Gasteiger partial charge in [-0.05, 0) is 12.1 Å². The van der Waals surface area contributed by atoms with Gasteiger partial charge in [0.2, 0.25) is 0 Å². The zero-order valence-electron chi connectivity index (χ0n) is 5.30. The predicted molar refractivity (Wildman–Crippen MR) is 36.0 cm³/mol. The summed E-state index contributed by atoms with van der Waals surface area (Å²) in [6.07, 6.45) is 0. The highest BCUT2D eigenvalue weighted by Gasteiger charge is 1.99. The average Bonchev–Trinajstić information content (AvgIpc) is 2.05. The summed E-state index contributed by atoms with van der Waals surface area (Å²) in [7, 11) is 0. The van der Waals surface area contributed by atoms with Gasteiger partial charge < -0.3 is 0 Å². The first-order chi connectivity index (χ1) is 4.84. The van der Waals surface area contributed by atoms with E-state index in [2.05, 4.69) is 0 Å². The van der Waals surface area contributed by atoms with Gasteiger partial charge in [-0.1, -0.05) is 22.7 Å². The molecule has 0 aliphatic carbocycles. The lowest BCUT2D eigenvalue weighted by molar-refractivity contribution is 0.334. The van der Waals surface area contributed by atoms with Gasteiger partial charge in [0.15, 0.2) is 6.80 Å². The lowest BCUT2D eigenvalue weighted by atomic mass is 10.3. The molecular weight excluding hydrogens is 136 g/mol. The van der Waals surface area contributed by atoms with Crippen molar-refractivity contribution in [3.8, 4) is 0 Å². The number of anilines is 1. The second-order valence-corrected chi connectivity index (χ2v) is 1.82. The van der Waals surface area contributed by atoms with Gasteiger partial charge in [-0.2, -0.15) is 5.12 Å². The van der Waals surface area contributed by atoms with Crippen LogP contribution in [0.3, 0.4) is 0 Å². The van der Waals surface area contributed by atoms with Crippen LogP contribution in [0.15, 0.2) is 30.3 Å². The van der Waals surface area contributed by atoms with Crippen LogP contribution in [0.5, 0.6) is 0 Å². The molecule has 0 atom stereocenters. The first kappa shape index (κ1) is 6.99. The molecule has 0 N–H and O–H groups in total. The molecule has 0 saturated heterocycles. The fourth-order valence-electron chi connectivity index (χ4n) is 0.659. The molecule has 1 rings (SSSR count). The maximum atomic E-state index is 12.3. The standard InChI is InChI=1S/C7H7F2N/c8-6-10(9)7-4-2-1-3-5-7/h1-5H,6H2. The smallest absolute Gasteiger partial charge is 0.190 e. The minimum Gasteiger partial charge on any atom is -0.225 e. The van der Waals surface area contributed by atoms with Crippen molar-refractivity contribution in [1.29, 1.82) is 0 Å². The van der Waals surface area contributed by atoms with Crippen LogP contribution in [0.25, 0.3) is 0 Å². The topological polar surface area (TPSA) is 3.24 Å². The van der Waals surface area contributed by atoms with E-state index in [4.69, 9.17) is 0 Å². The van der Waals surface area contributed by atoms with Crippen LogP contribution in [0.1, 0.15) is 0 Å². The van der Waals surface area contributed by atoms with E-state index in [1.165, 1.54) is 12.1 Å². The van der Waals surface area contributed by atoms with E-state index in [9.17, 15) is 8.87 Å². The maximum Gasteiger partial charge on any atom is 0.190 e. The van der Waals surface area contributed by atoms with Gasteiger partial charge in [0.1, 0.15) is 0 Å². The van der Waals surface area contributed by atoms with Crippen molar-refractivity contribution in [3.05, 3.63) is 30.3 Å². The van der Waals surface area contributed by atoms with Crippen LogP contribution < -0.4 is 5.12 Å².